The highest BCUT2D eigenvalue weighted by Crippen LogP contribution is 2.13. The Morgan fingerprint density at radius 2 is 1.73 bits per heavy atom. The van der Waals surface area contributed by atoms with E-state index in [0.717, 1.165) is 12.7 Å². The normalized spacial score (nSPS) is 9.93. The molecular weight excluding hydrogens is 192 g/mol. The Bertz CT molecular complexity index is 339. The minimum atomic E-state index is -0.0988. The van der Waals surface area contributed by atoms with E-state index in [9.17, 15) is 9.59 Å². The molecular formula is C12H14O3. The van der Waals surface area contributed by atoms with Crippen molar-refractivity contribution < 1.29 is 14.7 Å². The maximum Gasteiger partial charge on any atom is 0.160 e. The third-order valence-corrected chi connectivity index (χ3v) is 1.70. The average molecular weight is 206 g/mol. The fourth-order valence-corrected chi connectivity index (χ4v) is 1.10. The standard InChI is InChI=1S/C11H10O2.CH4O/c1-9(13)11(7-8-12)10-5-3-2-4-6-10;1-2/h2-8H,1H3;2H,1H3/b11-7-;. The van der Waals surface area contributed by atoms with Crippen LogP contribution in [0.4, 0.5) is 0 Å². The number of rotatable bonds is 3. The van der Waals surface area contributed by atoms with Crippen LogP contribution in [0.1, 0.15) is 12.5 Å². The van der Waals surface area contributed by atoms with E-state index in [-0.39, 0.29) is 5.78 Å². The van der Waals surface area contributed by atoms with Gasteiger partial charge in [-0.15, -0.1) is 0 Å². The summed E-state index contributed by atoms with van der Waals surface area (Å²) in [4.78, 5) is 21.4. The van der Waals surface area contributed by atoms with E-state index >= 15 is 0 Å². The first kappa shape index (κ1) is 13.3. The van der Waals surface area contributed by atoms with Crippen LogP contribution < -0.4 is 0 Å². The quantitative estimate of drug-likeness (QED) is 0.601. The molecule has 0 unspecified atom stereocenters. The smallest absolute Gasteiger partial charge is 0.160 e. The summed E-state index contributed by atoms with van der Waals surface area (Å²) in [5.41, 5.74) is 1.23. The fraction of sp³-hybridized carbons (Fsp3) is 0.167. The van der Waals surface area contributed by atoms with Crippen LogP contribution in [-0.4, -0.2) is 24.3 Å². The number of allylic oxidation sites excluding steroid dienone is 2. The second-order valence-corrected chi connectivity index (χ2v) is 2.64. The molecule has 0 fully saturated rings. The number of aliphatic hydroxyl groups is 1. The summed E-state index contributed by atoms with van der Waals surface area (Å²) in [6, 6.07) is 9.13. The number of aliphatic hydroxyl groups excluding tert-OH is 1. The van der Waals surface area contributed by atoms with E-state index in [1.54, 1.807) is 12.1 Å². The lowest BCUT2D eigenvalue weighted by molar-refractivity contribution is -0.112. The third-order valence-electron chi connectivity index (χ3n) is 1.70. The molecule has 0 spiro atoms. The van der Waals surface area contributed by atoms with Gasteiger partial charge in [0.1, 0.15) is 6.29 Å². The lowest BCUT2D eigenvalue weighted by Gasteiger charge is -2.00. The highest BCUT2D eigenvalue weighted by atomic mass is 16.2. The summed E-state index contributed by atoms with van der Waals surface area (Å²) in [5, 5.41) is 7.00. The predicted octanol–water partition coefficient (Wildman–Crippen LogP) is 1.47. The zero-order valence-electron chi connectivity index (χ0n) is 8.81. The molecule has 3 nitrogen and oxygen atoms in total. The van der Waals surface area contributed by atoms with Crippen LogP contribution in [0, 0.1) is 0 Å². The first-order chi connectivity index (χ1) is 7.25. The molecule has 0 bridgehead atoms. The van der Waals surface area contributed by atoms with Crippen molar-refractivity contribution in [2.24, 2.45) is 0 Å². The van der Waals surface area contributed by atoms with Gasteiger partial charge in [-0.05, 0) is 18.6 Å². The average Bonchev–Trinajstić information content (AvgIpc) is 2.29. The van der Waals surface area contributed by atoms with Gasteiger partial charge in [-0.2, -0.15) is 0 Å². The van der Waals surface area contributed by atoms with E-state index in [1.165, 1.54) is 13.0 Å². The van der Waals surface area contributed by atoms with Crippen LogP contribution in [0.15, 0.2) is 36.4 Å². The second-order valence-electron chi connectivity index (χ2n) is 2.64. The van der Waals surface area contributed by atoms with Gasteiger partial charge in [0, 0.05) is 12.7 Å². The minimum Gasteiger partial charge on any atom is -0.400 e. The monoisotopic (exact) mass is 206 g/mol. The maximum absolute atomic E-state index is 11.1. The molecule has 1 rings (SSSR count). The minimum absolute atomic E-state index is 0.0988. The van der Waals surface area contributed by atoms with E-state index < -0.39 is 0 Å². The molecule has 0 aliphatic rings. The highest BCUT2D eigenvalue weighted by Gasteiger charge is 2.04. The van der Waals surface area contributed by atoms with Crippen molar-refractivity contribution in [3.05, 3.63) is 42.0 Å². The van der Waals surface area contributed by atoms with E-state index in [4.69, 9.17) is 5.11 Å². The molecule has 0 aliphatic carbocycles. The molecule has 0 atom stereocenters. The van der Waals surface area contributed by atoms with Gasteiger partial charge in [-0.3, -0.25) is 9.59 Å². The fourth-order valence-electron chi connectivity index (χ4n) is 1.10. The van der Waals surface area contributed by atoms with Crippen molar-refractivity contribution in [3.8, 4) is 0 Å². The van der Waals surface area contributed by atoms with Gasteiger partial charge in [0.15, 0.2) is 5.78 Å². The summed E-state index contributed by atoms with van der Waals surface area (Å²) in [6.45, 7) is 1.45. The summed E-state index contributed by atoms with van der Waals surface area (Å²) in [6.07, 6.45) is 1.92. The lowest BCUT2D eigenvalue weighted by atomic mass is 10.0. The van der Waals surface area contributed by atoms with Gasteiger partial charge in [0.2, 0.25) is 0 Å². The van der Waals surface area contributed by atoms with Gasteiger partial charge in [-0.1, -0.05) is 30.3 Å². The Kier molecular flexibility index (Phi) is 6.76. The summed E-state index contributed by atoms with van der Waals surface area (Å²) in [5.74, 6) is -0.0988. The number of carbonyl (C=O) groups excluding carboxylic acids is 2. The Labute approximate surface area is 89.1 Å². The van der Waals surface area contributed by atoms with Crippen molar-refractivity contribution in [2.45, 2.75) is 6.92 Å². The predicted molar refractivity (Wildman–Crippen MR) is 59.3 cm³/mol. The van der Waals surface area contributed by atoms with Crippen molar-refractivity contribution >= 4 is 17.6 Å². The number of carbonyl (C=O) groups is 2. The summed E-state index contributed by atoms with van der Waals surface area (Å²) < 4.78 is 0. The number of Topliss-reactive ketones (excluding diaryl/α,β-unsaturated/α-hetero) is 1. The molecule has 0 aliphatic heterocycles. The van der Waals surface area contributed by atoms with Gasteiger partial charge < -0.3 is 5.11 Å². The van der Waals surface area contributed by atoms with Crippen LogP contribution in [0.5, 0.6) is 0 Å². The Morgan fingerprint density at radius 1 is 1.20 bits per heavy atom. The van der Waals surface area contributed by atoms with Gasteiger partial charge >= 0.3 is 0 Å². The summed E-state index contributed by atoms with van der Waals surface area (Å²) in [7, 11) is 1.00. The Morgan fingerprint density at radius 3 is 2.13 bits per heavy atom. The molecule has 0 saturated heterocycles. The molecule has 0 saturated carbocycles. The van der Waals surface area contributed by atoms with Gasteiger partial charge in [0.25, 0.3) is 0 Å². The SMILES string of the molecule is CC(=O)/C(=C/C=O)c1ccccc1.CO. The molecule has 0 amide bonds. The van der Waals surface area contributed by atoms with Crippen molar-refractivity contribution in [1.82, 2.24) is 0 Å². The lowest BCUT2D eigenvalue weighted by Crippen LogP contribution is -1.95. The number of hydrogen-bond acceptors (Lipinski definition) is 3. The van der Waals surface area contributed by atoms with E-state index in [0.29, 0.717) is 11.9 Å². The maximum atomic E-state index is 11.1. The highest BCUT2D eigenvalue weighted by molar-refractivity contribution is 6.21. The van der Waals surface area contributed by atoms with Crippen LogP contribution in [-0.2, 0) is 9.59 Å². The molecule has 0 aromatic heterocycles. The van der Waals surface area contributed by atoms with E-state index in [1.807, 2.05) is 18.2 Å². The van der Waals surface area contributed by atoms with Crippen molar-refractivity contribution in [1.29, 1.82) is 0 Å². The Hall–Kier alpha value is -1.74. The van der Waals surface area contributed by atoms with Crippen LogP contribution >= 0.6 is 0 Å². The summed E-state index contributed by atoms with van der Waals surface area (Å²) >= 11 is 0. The first-order valence-corrected chi connectivity index (χ1v) is 4.42. The Balaban J connectivity index is 0.000000921. The molecule has 15 heavy (non-hydrogen) atoms. The number of benzene rings is 1. The first-order valence-electron chi connectivity index (χ1n) is 4.42. The number of ketones is 1. The topological polar surface area (TPSA) is 54.4 Å². The zero-order chi connectivity index (χ0) is 11.7. The van der Waals surface area contributed by atoms with Crippen LogP contribution in [0.3, 0.4) is 0 Å². The van der Waals surface area contributed by atoms with Crippen molar-refractivity contribution in [3.63, 3.8) is 0 Å². The number of aldehydes is 1. The molecule has 1 aromatic rings. The van der Waals surface area contributed by atoms with Gasteiger partial charge in [0.05, 0.1) is 0 Å². The molecule has 3 heteroatoms. The second kappa shape index (κ2) is 7.64. The molecule has 80 valence electrons. The molecule has 0 radical (unpaired) electrons. The van der Waals surface area contributed by atoms with Crippen molar-refractivity contribution in [2.75, 3.05) is 7.11 Å². The zero-order valence-corrected chi connectivity index (χ0v) is 8.81. The van der Waals surface area contributed by atoms with E-state index in [2.05, 4.69) is 0 Å². The molecule has 1 aromatic carbocycles. The van der Waals surface area contributed by atoms with Crippen LogP contribution in [0.2, 0.25) is 0 Å². The third kappa shape index (κ3) is 4.33. The van der Waals surface area contributed by atoms with Crippen LogP contribution in [0.25, 0.3) is 5.57 Å². The molecule has 1 N–H and O–H groups in total. The number of hydrogen-bond donors (Lipinski definition) is 1. The largest absolute Gasteiger partial charge is 0.400 e. The van der Waals surface area contributed by atoms with Gasteiger partial charge in [-0.25, -0.2) is 0 Å². The molecule has 0 heterocycles.